The molecule has 122 valence electrons. The lowest BCUT2D eigenvalue weighted by Gasteiger charge is -2.06. The Morgan fingerprint density at radius 3 is 2.33 bits per heavy atom. The van der Waals surface area contributed by atoms with E-state index in [-0.39, 0.29) is 23.4 Å². The van der Waals surface area contributed by atoms with Crippen LogP contribution in [0.5, 0.6) is 0 Å². The smallest absolute Gasteiger partial charge is 0.342 e. The number of hydrogen-bond acceptors (Lipinski definition) is 5. The van der Waals surface area contributed by atoms with Crippen LogP contribution in [0.1, 0.15) is 18.1 Å². The van der Waals surface area contributed by atoms with E-state index in [9.17, 15) is 19.7 Å². The van der Waals surface area contributed by atoms with Crippen molar-refractivity contribution in [1.82, 2.24) is 0 Å². The lowest BCUT2D eigenvalue weighted by molar-refractivity contribution is -0.385. The summed E-state index contributed by atoms with van der Waals surface area (Å²) in [5.41, 5.74) is 0.524. The van der Waals surface area contributed by atoms with Crippen molar-refractivity contribution in [3.05, 3.63) is 81.4 Å². The van der Waals surface area contributed by atoms with Gasteiger partial charge in [0.15, 0.2) is 5.78 Å². The minimum absolute atomic E-state index is 0.0151. The predicted molar refractivity (Wildman–Crippen MR) is 88.0 cm³/mol. The predicted octanol–water partition coefficient (Wildman–Crippen LogP) is 3.31. The molecule has 0 N–H and O–H groups in total. The van der Waals surface area contributed by atoms with Gasteiger partial charge in [0.2, 0.25) is 0 Å². The summed E-state index contributed by atoms with van der Waals surface area (Å²) in [6.45, 7) is 1.23. The molecule has 0 spiro atoms. The van der Waals surface area contributed by atoms with Crippen LogP contribution in [0, 0.1) is 10.1 Å². The Morgan fingerprint density at radius 1 is 1.08 bits per heavy atom. The fourth-order valence-corrected chi connectivity index (χ4v) is 2.04. The van der Waals surface area contributed by atoms with E-state index in [4.69, 9.17) is 4.74 Å². The van der Waals surface area contributed by atoms with Crippen molar-refractivity contribution < 1.29 is 19.2 Å². The highest BCUT2D eigenvalue weighted by molar-refractivity contribution is 6.20. The molecular formula is C18H15NO5. The number of ether oxygens (including phenoxy) is 1. The van der Waals surface area contributed by atoms with Gasteiger partial charge in [0.05, 0.1) is 10.5 Å². The average Bonchev–Trinajstić information content (AvgIpc) is 2.58. The largest absolute Gasteiger partial charge is 0.457 e. The van der Waals surface area contributed by atoms with Gasteiger partial charge in [-0.05, 0) is 24.6 Å². The molecule has 0 radical (unpaired) electrons. The highest BCUT2D eigenvalue weighted by Gasteiger charge is 2.19. The van der Waals surface area contributed by atoms with Crippen LogP contribution in [0.4, 0.5) is 5.69 Å². The molecule has 0 atom stereocenters. The molecule has 0 aliphatic carbocycles. The van der Waals surface area contributed by atoms with E-state index in [0.717, 1.165) is 5.56 Å². The lowest BCUT2D eigenvalue weighted by atomic mass is 10.1. The van der Waals surface area contributed by atoms with Crippen molar-refractivity contribution in [2.45, 2.75) is 13.5 Å². The molecule has 24 heavy (non-hydrogen) atoms. The van der Waals surface area contributed by atoms with E-state index in [0.29, 0.717) is 0 Å². The Hall–Kier alpha value is -3.28. The van der Waals surface area contributed by atoms with Gasteiger partial charge in [0.1, 0.15) is 12.2 Å². The number of para-hydroxylation sites is 1. The van der Waals surface area contributed by atoms with E-state index in [1.165, 1.54) is 31.2 Å². The quantitative estimate of drug-likeness (QED) is 0.203. The number of hydrogen-bond donors (Lipinski definition) is 0. The van der Waals surface area contributed by atoms with Crippen LogP contribution in [0.3, 0.4) is 0 Å². The van der Waals surface area contributed by atoms with E-state index in [2.05, 4.69) is 0 Å². The highest BCUT2D eigenvalue weighted by Crippen LogP contribution is 2.21. The highest BCUT2D eigenvalue weighted by atomic mass is 16.6. The summed E-state index contributed by atoms with van der Waals surface area (Å²) in [5.74, 6) is -1.34. The fourth-order valence-electron chi connectivity index (χ4n) is 2.04. The van der Waals surface area contributed by atoms with Crippen molar-refractivity contribution >= 4 is 23.5 Å². The Morgan fingerprint density at radius 2 is 1.71 bits per heavy atom. The number of benzene rings is 2. The zero-order valence-electron chi connectivity index (χ0n) is 13.0. The molecule has 0 amide bonds. The molecular weight excluding hydrogens is 310 g/mol. The minimum Gasteiger partial charge on any atom is -0.457 e. The van der Waals surface area contributed by atoms with Gasteiger partial charge >= 0.3 is 5.97 Å². The summed E-state index contributed by atoms with van der Waals surface area (Å²) in [6.07, 6.45) is 1.19. The SMILES string of the molecule is CC(=O)/C(=C\c1ccccc1[N+](=O)[O-])C(=O)OCc1ccccc1. The van der Waals surface area contributed by atoms with Crippen LogP contribution in [0.2, 0.25) is 0 Å². The summed E-state index contributed by atoms with van der Waals surface area (Å²) in [4.78, 5) is 34.4. The van der Waals surface area contributed by atoms with Crippen LogP contribution in [0.25, 0.3) is 6.08 Å². The first kappa shape index (κ1) is 17.1. The zero-order chi connectivity index (χ0) is 17.5. The van der Waals surface area contributed by atoms with Crippen LogP contribution in [-0.2, 0) is 20.9 Å². The Labute approximate surface area is 138 Å². The van der Waals surface area contributed by atoms with E-state index in [1.807, 2.05) is 6.07 Å². The lowest BCUT2D eigenvalue weighted by Crippen LogP contribution is -2.13. The number of carbonyl (C=O) groups excluding carboxylic acids is 2. The maximum Gasteiger partial charge on any atom is 0.342 e. The molecule has 0 unspecified atom stereocenters. The number of esters is 1. The molecule has 2 aromatic carbocycles. The molecule has 6 nitrogen and oxygen atoms in total. The van der Waals surface area contributed by atoms with Crippen molar-refractivity contribution in [1.29, 1.82) is 0 Å². The summed E-state index contributed by atoms with van der Waals surface area (Å²) in [7, 11) is 0. The van der Waals surface area contributed by atoms with Gasteiger partial charge in [0.25, 0.3) is 5.69 Å². The van der Waals surface area contributed by atoms with Gasteiger partial charge in [-0.2, -0.15) is 0 Å². The van der Waals surface area contributed by atoms with Crippen molar-refractivity contribution in [3.63, 3.8) is 0 Å². The summed E-state index contributed by atoms with van der Waals surface area (Å²) < 4.78 is 5.13. The molecule has 0 saturated heterocycles. The molecule has 2 rings (SSSR count). The van der Waals surface area contributed by atoms with Gasteiger partial charge in [-0.15, -0.1) is 0 Å². The molecule has 6 heteroatoms. The first-order valence-corrected chi connectivity index (χ1v) is 7.16. The first-order chi connectivity index (χ1) is 11.5. The van der Waals surface area contributed by atoms with E-state index >= 15 is 0 Å². The molecule has 0 heterocycles. The van der Waals surface area contributed by atoms with Crippen LogP contribution in [-0.4, -0.2) is 16.7 Å². The zero-order valence-corrected chi connectivity index (χ0v) is 13.0. The van der Waals surface area contributed by atoms with Crippen LogP contribution >= 0.6 is 0 Å². The fraction of sp³-hybridized carbons (Fsp3) is 0.111. The average molecular weight is 325 g/mol. The van der Waals surface area contributed by atoms with Crippen LogP contribution in [0.15, 0.2) is 60.2 Å². The Balaban J connectivity index is 2.24. The summed E-state index contributed by atoms with van der Waals surface area (Å²) >= 11 is 0. The maximum atomic E-state index is 12.2. The summed E-state index contributed by atoms with van der Waals surface area (Å²) in [6, 6.07) is 14.9. The standard InChI is InChI=1S/C18H15NO5/c1-13(20)16(11-15-9-5-6-10-17(15)19(22)23)18(21)24-12-14-7-3-2-4-8-14/h2-11H,12H2,1H3/b16-11+. The molecule has 0 aromatic heterocycles. The van der Waals surface area contributed by atoms with Gasteiger partial charge in [0, 0.05) is 6.07 Å². The van der Waals surface area contributed by atoms with Gasteiger partial charge < -0.3 is 4.74 Å². The molecule has 2 aromatic rings. The van der Waals surface area contributed by atoms with Crippen molar-refractivity contribution in [3.8, 4) is 0 Å². The second-order valence-corrected chi connectivity index (χ2v) is 4.99. The van der Waals surface area contributed by atoms with Crippen molar-refractivity contribution in [2.75, 3.05) is 0 Å². The summed E-state index contributed by atoms with van der Waals surface area (Å²) in [5, 5.41) is 11.0. The molecule has 0 aliphatic heterocycles. The van der Waals surface area contributed by atoms with Crippen molar-refractivity contribution in [2.24, 2.45) is 0 Å². The van der Waals surface area contributed by atoms with Gasteiger partial charge in [-0.3, -0.25) is 14.9 Å². The van der Waals surface area contributed by atoms with Crippen LogP contribution < -0.4 is 0 Å². The van der Waals surface area contributed by atoms with Gasteiger partial charge in [-0.25, -0.2) is 4.79 Å². The van der Waals surface area contributed by atoms with E-state index < -0.39 is 16.7 Å². The molecule has 0 bridgehead atoms. The number of Topliss-reactive ketones (excluding diaryl/α,β-unsaturated/α-hetero) is 1. The number of nitro benzene ring substituents is 1. The topological polar surface area (TPSA) is 86.5 Å². The second-order valence-electron chi connectivity index (χ2n) is 4.99. The first-order valence-electron chi connectivity index (χ1n) is 7.16. The third kappa shape index (κ3) is 4.36. The van der Waals surface area contributed by atoms with Gasteiger partial charge in [-0.1, -0.05) is 42.5 Å². The third-order valence-corrected chi connectivity index (χ3v) is 3.25. The monoisotopic (exact) mass is 325 g/mol. The maximum absolute atomic E-state index is 12.2. The number of carbonyl (C=O) groups is 2. The molecule has 0 saturated carbocycles. The van der Waals surface area contributed by atoms with E-state index in [1.54, 1.807) is 30.3 Å². The molecule has 0 fully saturated rings. The Kier molecular flexibility index (Phi) is 5.57. The Bertz CT molecular complexity index is 796. The number of nitrogens with zero attached hydrogens (tertiary/aromatic N) is 1. The number of rotatable bonds is 6. The number of nitro groups is 1. The molecule has 0 aliphatic rings. The normalized spacial score (nSPS) is 11.0. The number of ketones is 1. The minimum atomic E-state index is -0.815. The second kappa shape index (κ2) is 7.82. The third-order valence-electron chi connectivity index (χ3n) is 3.25.